The number of anilines is 2. The van der Waals surface area contributed by atoms with Crippen molar-refractivity contribution in [2.24, 2.45) is 5.92 Å². The largest absolute Gasteiger partial charge is 0.494 e. The number of sulfonamides is 1. The van der Waals surface area contributed by atoms with Crippen LogP contribution in [-0.4, -0.2) is 44.9 Å². The molecule has 0 saturated carbocycles. The normalized spacial score (nSPS) is 14.5. The molecule has 0 bridgehead atoms. The summed E-state index contributed by atoms with van der Waals surface area (Å²) in [6.45, 7) is 8.72. The molecule has 0 amide bonds. The summed E-state index contributed by atoms with van der Waals surface area (Å²) in [5.74, 6) is 2.39. The minimum absolute atomic E-state index is 0.0305. The minimum Gasteiger partial charge on any atom is -0.494 e. The van der Waals surface area contributed by atoms with Gasteiger partial charge in [0.1, 0.15) is 16.4 Å². The fraction of sp³-hybridized carbons (Fsp3) is 0.385. The molecule has 3 aromatic rings. The summed E-state index contributed by atoms with van der Waals surface area (Å²) in [4.78, 5) is 2.30. The van der Waals surface area contributed by atoms with Gasteiger partial charge >= 0.3 is 0 Å². The highest BCUT2D eigenvalue weighted by atomic mass is 32.2. The van der Waals surface area contributed by atoms with Crippen molar-refractivity contribution < 1.29 is 17.9 Å². The van der Waals surface area contributed by atoms with Crippen LogP contribution in [0.25, 0.3) is 11.3 Å². The molecule has 4 rings (SSSR count). The quantitative estimate of drug-likeness (QED) is 0.447. The number of piperidine rings is 1. The van der Waals surface area contributed by atoms with Crippen molar-refractivity contribution in [3.8, 4) is 22.8 Å². The van der Waals surface area contributed by atoms with Crippen LogP contribution < -0.4 is 19.1 Å². The van der Waals surface area contributed by atoms with Gasteiger partial charge in [0, 0.05) is 30.4 Å². The van der Waals surface area contributed by atoms with Crippen molar-refractivity contribution >= 4 is 21.5 Å². The molecule has 0 aliphatic carbocycles. The summed E-state index contributed by atoms with van der Waals surface area (Å²) in [5.41, 5.74) is 2.02. The lowest BCUT2D eigenvalue weighted by atomic mass is 9.99. The van der Waals surface area contributed by atoms with E-state index in [1.165, 1.54) is 18.9 Å². The Kier molecular flexibility index (Phi) is 7.75. The number of aromatic nitrogens is 2. The molecule has 0 radical (unpaired) electrons. The van der Waals surface area contributed by atoms with Gasteiger partial charge in [-0.2, -0.15) is 0 Å². The van der Waals surface area contributed by atoms with Crippen LogP contribution in [-0.2, 0) is 10.0 Å². The molecule has 8 nitrogen and oxygen atoms in total. The Morgan fingerprint density at radius 1 is 0.943 bits per heavy atom. The van der Waals surface area contributed by atoms with E-state index in [-0.39, 0.29) is 10.6 Å². The zero-order valence-electron chi connectivity index (χ0n) is 20.4. The van der Waals surface area contributed by atoms with E-state index in [9.17, 15) is 8.42 Å². The molecule has 9 heteroatoms. The summed E-state index contributed by atoms with van der Waals surface area (Å²) in [5, 5.41) is 8.81. The Morgan fingerprint density at radius 2 is 1.66 bits per heavy atom. The first-order chi connectivity index (χ1) is 16.9. The third kappa shape index (κ3) is 6.03. The first-order valence-corrected chi connectivity index (χ1v) is 13.5. The van der Waals surface area contributed by atoms with Crippen molar-refractivity contribution in [1.29, 1.82) is 0 Å². The first kappa shape index (κ1) is 24.8. The second-order valence-corrected chi connectivity index (χ2v) is 10.3. The Morgan fingerprint density at radius 3 is 2.29 bits per heavy atom. The lowest BCUT2D eigenvalue weighted by Crippen LogP contribution is -2.33. The van der Waals surface area contributed by atoms with Crippen molar-refractivity contribution in [2.45, 2.75) is 38.5 Å². The van der Waals surface area contributed by atoms with E-state index < -0.39 is 10.0 Å². The summed E-state index contributed by atoms with van der Waals surface area (Å²) in [6, 6.07) is 15.8. The number of ether oxygens (including phenoxy) is 2. The number of nitrogens with one attached hydrogen (secondary N) is 1. The second kappa shape index (κ2) is 10.9. The van der Waals surface area contributed by atoms with E-state index in [0.29, 0.717) is 24.7 Å². The van der Waals surface area contributed by atoms with Gasteiger partial charge in [0.25, 0.3) is 10.0 Å². The number of rotatable bonds is 9. The van der Waals surface area contributed by atoms with Crippen LogP contribution in [0.15, 0.2) is 59.5 Å². The number of hydrogen-bond donors (Lipinski definition) is 1. The fourth-order valence-electron chi connectivity index (χ4n) is 4.03. The third-order valence-electron chi connectivity index (χ3n) is 6.01. The fourth-order valence-corrected chi connectivity index (χ4v) is 5.25. The maximum Gasteiger partial charge on any atom is 0.265 e. The van der Waals surface area contributed by atoms with Crippen molar-refractivity contribution in [3.05, 3.63) is 54.6 Å². The molecule has 2 aromatic carbocycles. The molecule has 1 saturated heterocycles. The Bertz CT molecular complexity index is 1220. The summed E-state index contributed by atoms with van der Waals surface area (Å²) >= 11 is 0. The minimum atomic E-state index is -3.90. The van der Waals surface area contributed by atoms with E-state index in [2.05, 4.69) is 26.7 Å². The molecule has 1 aliphatic rings. The van der Waals surface area contributed by atoms with Crippen molar-refractivity contribution in [1.82, 2.24) is 10.2 Å². The predicted octanol–water partition coefficient (Wildman–Crippen LogP) is 4.98. The zero-order chi connectivity index (χ0) is 24.8. The molecule has 0 spiro atoms. The van der Waals surface area contributed by atoms with Gasteiger partial charge < -0.3 is 14.4 Å². The Labute approximate surface area is 207 Å². The van der Waals surface area contributed by atoms with Crippen molar-refractivity contribution in [3.63, 3.8) is 0 Å². The molecular weight excluding hydrogens is 464 g/mol. The summed E-state index contributed by atoms with van der Waals surface area (Å²) < 4.78 is 39.9. The first-order valence-electron chi connectivity index (χ1n) is 12.0. The third-order valence-corrected chi connectivity index (χ3v) is 7.41. The number of benzene rings is 2. The SMILES string of the molecule is CCOc1ccc(OCC)c(S(=O)(=O)Nc2ccc(-c3ccc(N4CCC(C)CC4)nn3)cc2)c1. The standard InChI is InChI=1S/C26H32N4O4S/c1-4-33-22-10-12-24(34-5-2)25(18-22)35(31,32)29-21-8-6-20(7-9-21)23-11-13-26(28-27-23)30-16-14-19(3)15-17-30/h6-13,18-19,29H,4-5,14-17H2,1-3H3. The molecule has 2 heterocycles. The highest BCUT2D eigenvalue weighted by molar-refractivity contribution is 7.92. The van der Waals surface area contributed by atoms with E-state index in [1.54, 1.807) is 31.2 Å². The van der Waals surface area contributed by atoms with Crippen LogP contribution in [0, 0.1) is 5.92 Å². The van der Waals surface area contributed by atoms with Gasteiger partial charge in [-0.15, -0.1) is 10.2 Å². The molecule has 1 aromatic heterocycles. The van der Waals surface area contributed by atoms with Crippen LogP contribution in [0.5, 0.6) is 11.5 Å². The molecule has 0 unspecified atom stereocenters. The maximum absolute atomic E-state index is 13.1. The molecule has 186 valence electrons. The molecule has 1 aliphatic heterocycles. The second-order valence-electron chi connectivity index (χ2n) is 8.60. The number of hydrogen-bond acceptors (Lipinski definition) is 7. The van der Waals surface area contributed by atoms with E-state index in [0.717, 1.165) is 36.1 Å². The molecular formula is C26H32N4O4S. The summed E-state index contributed by atoms with van der Waals surface area (Å²) in [7, 11) is -3.90. The summed E-state index contributed by atoms with van der Waals surface area (Å²) in [6.07, 6.45) is 2.34. The highest BCUT2D eigenvalue weighted by Crippen LogP contribution is 2.31. The van der Waals surface area contributed by atoms with Gasteiger partial charge in [0.2, 0.25) is 0 Å². The Hall–Kier alpha value is -3.33. The molecule has 35 heavy (non-hydrogen) atoms. The van der Waals surface area contributed by atoms with Gasteiger partial charge in [0.05, 0.1) is 18.9 Å². The Balaban J connectivity index is 1.49. The van der Waals surface area contributed by atoms with E-state index >= 15 is 0 Å². The van der Waals surface area contributed by atoms with Crippen molar-refractivity contribution in [2.75, 3.05) is 35.9 Å². The average Bonchev–Trinajstić information content (AvgIpc) is 2.86. The molecule has 1 fully saturated rings. The van der Waals surface area contributed by atoms with Crippen LogP contribution in [0.1, 0.15) is 33.6 Å². The van der Waals surface area contributed by atoms with Gasteiger partial charge in [-0.05, 0) is 69.0 Å². The topological polar surface area (TPSA) is 93.6 Å². The predicted molar refractivity (Wildman–Crippen MR) is 138 cm³/mol. The van der Waals surface area contributed by atoms with Gasteiger partial charge in [-0.1, -0.05) is 19.1 Å². The molecule has 0 atom stereocenters. The monoisotopic (exact) mass is 496 g/mol. The van der Waals surface area contributed by atoms with E-state index in [4.69, 9.17) is 9.47 Å². The van der Waals surface area contributed by atoms with Crippen LogP contribution in [0.4, 0.5) is 11.5 Å². The van der Waals surface area contributed by atoms with Gasteiger partial charge in [-0.3, -0.25) is 4.72 Å². The lowest BCUT2D eigenvalue weighted by molar-refractivity contribution is 0.322. The maximum atomic E-state index is 13.1. The number of nitrogens with zero attached hydrogens (tertiary/aromatic N) is 3. The van der Waals surface area contributed by atoms with Gasteiger partial charge in [0.15, 0.2) is 5.82 Å². The van der Waals surface area contributed by atoms with Crippen LogP contribution >= 0.6 is 0 Å². The van der Waals surface area contributed by atoms with Crippen LogP contribution in [0.2, 0.25) is 0 Å². The zero-order valence-corrected chi connectivity index (χ0v) is 21.2. The average molecular weight is 497 g/mol. The molecule has 1 N–H and O–H groups in total. The highest BCUT2D eigenvalue weighted by Gasteiger charge is 2.22. The smallest absolute Gasteiger partial charge is 0.265 e. The van der Waals surface area contributed by atoms with Gasteiger partial charge in [-0.25, -0.2) is 8.42 Å². The lowest BCUT2D eigenvalue weighted by Gasteiger charge is -2.30. The van der Waals surface area contributed by atoms with E-state index in [1.807, 2.05) is 31.2 Å². The van der Waals surface area contributed by atoms with Crippen LogP contribution in [0.3, 0.4) is 0 Å².